The van der Waals surface area contributed by atoms with Crippen molar-refractivity contribution in [3.63, 3.8) is 0 Å². The molecule has 2 atom stereocenters. The van der Waals surface area contributed by atoms with Crippen LogP contribution in [0.4, 0.5) is 0 Å². The number of nitriles is 1. The number of carbonyl (C=O) groups is 3. The van der Waals surface area contributed by atoms with Gasteiger partial charge in [0.05, 0.1) is 32.8 Å². The second-order valence-electron chi connectivity index (χ2n) is 8.01. The Bertz CT molecular complexity index is 1250. The molecule has 0 heterocycles. The van der Waals surface area contributed by atoms with Crippen LogP contribution in [0.15, 0.2) is 78.9 Å². The van der Waals surface area contributed by atoms with Gasteiger partial charge in [-0.3, -0.25) is 9.59 Å². The largest absolute Gasteiger partial charge is 0.497 e. The summed E-state index contributed by atoms with van der Waals surface area (Å²) in [5.41, 5.74) is -1.20. The van der Waals surface area contributed by atoms with Gasteiger partial charge in [-0.25, -0.2) is 4.79 Å². The lowest BCUT2D eigenvalue weighted by atomic mass is 9.66. The molecule has 0 saturated heterocycles. The summed E-state index contributed by atoms with van der Waals surface area (Å²) in [5, 5.41) is 10.5. The number of hydrogen-bond acceptors (Lipinski definition) is 7. The van der Waals surface area contributed by atoms with Crippen LogP contribution in [0.1, 0.15) is 39.6 Å². The first-order chi connectivity index (χ1) is 17.4. The molecule has 0 saturated carbocycles. The van der Waals surface area contributed by atoms with Gasteiger partial charge in [0, 0.05) is 17.5 Å². The van der Waals surface area contributed by atoms with Gasteiger partial charge in [-0.2, -0.15) is 5.26 Å². The van der Waals surface area contributed by atoms with E-state index >= 15 is 0 Å². The maximum absolute atomic E-state index is 13.9. The fraction of sp³-hybridized carbons (Fsp3) is 0.241. The summed E-state index contributed by atoms with van der Waals surface area (Å²) in [5.74, 6) is -2.06. The van der Waals surface area contributed by atoms with E-state index in [-0.39, 0.29) is 17.7 Å². The average Bonchev–Trinajstić information content (AvgIpc) is 2.93. The van der Waals surface area contributed by atoms with E-state index in [1.54, 1.807) is 85.8 Å². The monoisotopic (exact) mass is 485 g/mol. The number of ketones is 2. The molecule has 36 heavy (non-hydrogen) atoms. The maximum atomic E-state index is 13.9. The van der Waals surface area contributed by atoms with Crippen LogP contribution in [0.25, 0.3) is 0 Å². The lowest BCUT2D eigenvalue weighted by molar-refractivity contribution is -0.149. The van der Waals surface area contributed by atoms with Crippen molar-refractivity contribution < 1.29 is 28.6 Å². The predicted octanol–water partition coefficient (Wildman–Crippen LogP) is 4.80. The minimum Gasteiger partial charge on any atom is -0.497 e. The third kappa shape index (κ3) is 5.28. The van der Waals surface area contributed by atoms with Crippen LogP contribution in [0.5, 0.6) is 11.5 Å². The number of hydrogen-bond donors (Lipinski definition) is 0. The molecular formula is C29H27NO6. The van der Waals surface area contributed by atoms with Crippen molar-refractivity contribution in [1.29, 1.82) is 5.26 Å². The molecule has 0 spiro atoms. The van der Waals surface area contributed by atoms with E-state index in [2.05, 4.69) is 6.07 Å². The molecule has 0 amide bonds. The van der Waals surface area contributed by atoms with Gasteiger partial charge >= 0.3 is 5.97 Å². The summed E-state index contributed by atoms with van der Waals surface area (Å²) in [6, 6.07) is 23.1. The number of carbonyl (C=O) groups excluding carboxylic acids is 3. The minimum absolute atomic E-state index is 0.00493. The topological polar surface area (TPSA) is 103 Å². The lowest BCUT2D eigenvalue weighted by Gasteiger charge is -2.32. The predicted molar refractivity (Wildman–Crippen MR) is 133 cm³/mol. The summed E-state index contributed by atoms with van der Waals surface area (Å²) in [7, 11) is 3.02. The Balaban J connectivity index is 2.17. The average molecular weight is 486 g/mol. The van der Waals surface area contributed by atoms with Gasteiger partial charge in [0.15, 0.2) is 17.0 Å². The molecule has 2 unspecified atom stereocenters. The van der Waals surface area contributed by atoms with Gasteiger partial charge in [0.2, 0.25) is 0 Å². The van der Waals surface area contributed by atoms with Gasteiger partial charge in [0.1, 0.15) is 11.5 Å². The lowest BCUT2D eigenvalue weighted by Crippen LogP contribution is -2.47. The quantitative estimate of drug-likeness (QED) is 0.284. The third-order valence-corrected chi connectivity index (χ3v) is 6.02. The molecule has 3 rings (SSSR count). The smallest absolute Gasteiger partial charge is 0.331 e. The summed E-state index contributed by atoms with van der Waals surface area (Å²) >= 11 is 0. The first-order valence-corrected chi connectivity index (χ1v) is 11.4. The molecule has 7 nitrogen and oxygen atoms in total. The van der Waals surface area contributed by atoms with Crippen molar-refractivity contribution in [3.05, 3.63) is 95.6 Å². The molecule has 3 aromatic carbocycles. The van der Waals surface area contributed by atoms with Gasteiger partial charge in [-0.05, 0) is 61.0 Å². The van der Waals surface area contributed by atoms with Crippen LogP contribution in [-0.2, 0) is 14.9 Å². The first-order valence-electron chi connectivity index (χ1n) is 11.4. The molecule has 0 radical (unpaired) electrons. The zero-order valence-corrected chi connectivity index (χ0v) is 20.4. The van der Waals surface area contributed by atoms with Crippen molar-refractivity contribution in [1.82, 2.24) is 0 Å². The minimum atomic E-state index is -2.05. The summed E-state index contributed by atoms with van der Waals surface area (Å²) < 4.78 is 15.6. The van der Waals surface area contributed by atoms with Crippen LogP contribution in [0.2, 0.25) is 0 Å². The highest BCUT2D eigenvalue weighted by molar-refractivity contribution is 6.08. The first kappa shape index (κ1) is 26.2. The number of ether oxygens (including phenoxy) is 3. The van der Waals surface area contributed by atoms with E-state index in [1.165, 1.54) is 14.2 Å². The molecule has 0 N–H and O–H groups in total. The summed E-state index contributed by atoms with van der Waals surface area (Å²) in [6.45, 7) is 1.62. The van der Waals surface area contributed by atoms with Gasteiger partial charge < -0.3 is 14.2 Å². The van der Waals surface area contributed by atoms with E-state index < -0.39 is 35.3 Å². The Morgan fingerprint density at radius 2 is 1.36 bits per heavy atom. The Labute approximate surface area is 210 Å². The zero-order chi connectivity index (χ0) is 26.1. The van der Waals surface area contributed by atoms with Crippen molar-refractivity contribution in [2.75, 3.05) is 20.8 Å². The van der Waals surface area contributed by atoms with Crippen molar-refractivity contribution in [2.45, 2.75) is 18.8 Å². The fourth-order valence-corrected chi connectivity index (χ4v) is 4.07. The SMILES string of the molecule is CCOC(=O)C(C#N)(c1ccccc1)C(CC(=O)c1ccc(OC)cc1)C(=O)c1ccc(OC)cc1. The van der Waals surface area contributed by atoms with Gasteiger partial charge in [-0.15, -0.1) is 0 Å². The van der Waals surface area contributed by atoms with Crippen LogP contribution in [0, 0.1) is 17.2 Å². The molecule has 0 fully saturated rings. The molecule has 0 bridgehead atoms. The molecular weight excluding hydrogens is 458 g/mol. The van der Waals surface area contributed by atoms with E-state index in [0.717, 1.165) is 0 Å². The van der Waals surface area contributed by atoms with E-state index in [0.29, 0.717) is 17.1 Å². The molecule has 0 aliphatic carbocycles. The fourth-order valence-electron chi connectivity index (χ4n) is 4.07. The van der Waals surface area contributed by atoms with Gasteiger partial charge in [-0.1, -0.05) is 30.3 Å². The number of Topliss-reactive ketones (excluding diaryl/α,β-unsaturated/α-hetero) is 2. The maximum Gasteiger partial charge on any atom is 0.331 e. The van der Waals surface area contributed by atoms with Gasteiger partial charge in [0.25, 0.3) is 0 Å². The number of rotatable bonds is 11. The van der Waals surface area contributed by atoms with Crippen molar-refractivity contribution in [3.8, 4) is 17.6 Å². The highest BCUT2D eigenvalue weighted by atomic mass is 16.5. The van der Waals surface area contributed by atoms with Crippen LogP contribution in [-0.4, -0.2) is 38.4 Å². The molecule has 3 aromatic rings. The van der Waals surface area contributed by atoms with Crippen molar-refractivity contribution in [2.24, 2.45) is 5.92 Å². The molecule has 0 aliphatic rings. The molecule has 0 aliphatic heterocycles. The van der Waals surface area contributed by atoms with Crippen LogP contribution < -0.4 is 9.47 Å². The Hall–Kier alpha value is -4.44. The molecule has 184 valence electrons. The molecule has 7 heteroatoms. The number of esters is 1. The van der Waals surface area contributed by atoms with Crippen LogP contribution in [0.3, 0.4) is 0 Å². The van der Waals surface area contributed by atoms with E-state index in [1.807, 2.05) is 0 Å². The van der Waals surface area contributed by atoms with E-state index in [4.69, 9.17) is 14.2 Å². The highest BCUT2D eigenvalue weighted by Gasteiger charge is 2.53. The third-order valence-electron chi connectivity index (χ3n) is 6.02. The van der Waals surface area contributed by atoms with Crippen LogP contribution >= 0.6 is 0 Å². The van der Waals surface area contributed by atoms with E-state index in [9.17, 15) is 19.6 Å². The Morgan fingerprint density at radius 3 is 1.83 bits per heavy atom. The second kappa shape index (κ2) is 11.8. The number of benzene rings is 3. The number of nitrogens with zero attached hydrogens (tertiary/aromatic N) is 1. The normalized spacial score (nSPS) is 12.9. The Kier molecular flexibility index (Phi) is 8.58. The number of methoxy groups -OCH3 is 2. The highest BCUT2D eigenvalue weighted by Crippen LogP contribution is 2.39. The molecule has 0 aromatic heterocycles. The van der Waals surface area contributed by atoms with Crippen molar-refractivity contribution >= 4 is 17.5 Å². The zero-order valence-electron chi connectivity index (χ0n) is 20.4. The second-order valence-corrected chi connectivity index (χ2v) is 8.01. The summed E-state index contributed by atoms with van der Waals surface area (Å²) in [6.07, 6.45) is -0.390. The Morgan fingerprint density at radius 1 is 0.833 bits per heavy atom. The standard InChI is InChI=1S/C29H27NO6/c1-4-36-28(33)29(19-30,22-8-6-5-7-9-22)25(27(32)21-12-16-24(35-3)17-13-21)18-26(31)20-10-14-23(34-2)15-11-20/h5-17,25H,4,18H2,1-3H3. The summed E-state index contributed by atoms with van der Waals surface area (Å²) in [4.78, 5) is 40.7.